The molecular weight excluding hydrogens is 216 g/mol. The molecule has 0 bridgehead atoms. The summed E-state index contributed by atoms with van der Waals surface area (Å²) in [5.41, 5.74) is 1.03. The average molecular weight is 233 g/mol. The third-order valence-corrected chi connectivity index (χ3v) is 2.08. The molecule has 0 spiro atoms. The topological polar surface area (TPSA) is 39.1 Å². The molecule has 6 heteroatoms. The third-order valence-electron chi connectivity index (χ3n) is 2.08. The summed E-state index contributed by atoms with van der Waals surface area (Å²) >= 11 is 0. The molecular formula is C10H17F2N3O. The molecule has 1 aromatic rings. The third kappa shape index (κ3) is 4.67. The normalized spacial score (nSPS) is 11.2. The van der Waals surface area contributed by atoms with E-state index < -0.39 is 13.0 Å². The molecule has 4 nitrogen and oxygen atoms in total. The fraction of sp³-hybridized carbons (Fsp3) is 0.700. The zero-order valence-corrected chi connectivity index (χ0v) is 9.33. The second kappa shape index (κ2) is 7.29. The predicted octanol–water partition coefficient (Wildman–Crippen LogP) is 1.27. The lowest BCUT2D eigenvalue weighted by Crippen LogP contribution is -2.17. The van der Waals surface area contributed by atoms with E-state index in [0.717, 1.165) is 18.8 Å². The van der Waals surface area contributed by atoms with E-state index in [4.69, 9.17) is 4.74 Å². The van der Waals surface area contributed by atoms with Crippen LogP contribution in [0.25, 0.3) is 0 Å². The van der Waals surface area contributed by atoms with Crippen molar-refractivity contribution in [1.82, 2.24) is 14.9 Å². The molecule has 0 atom stereocenters. The van der Waals surface area contributed by atoms with Crippen LogP contribution in [0.3, 0.4) is 0 Å². The number of rotatable bonds is 8. The number of alkyl halides is 2. The van der Waals surface area contributed by atoms with Crippen LogP contribution in [0.1, 0.15) is 12.6 Å². The maximum absolute atomic E-state index is 11.8. The Morgan fingerprint density at radius 1 is 1.56 bits per heavy atom. The minimum Gasteiger partial charge on any atom is -0.374 e. The first-order valence-corrected chi connectivity index (χ1v) is 5.29. The van der Waals surface area contributed by atoms with Crippen molar-refractivity contribution >= 4 is 0 Å². The highest BCUT2D eigenvalue weighted by atomic mass is 19.3. The van der Waals surface area contributed by atoms with Crippen LogP contribution in [-0.2, 0) is 17.8 Å². The molecule has 16 heavy (non-hydrogen) atoms. The summed E-state index contributed by atoms with van der Waals surface area (Å²) in [5, 5.41) is 3.18. The van der Waals surface area contributed by atoms with Crippen LogP contribution in [0.4, 0.5) is 8.78 Å². The predicted molar refractivity (Wildman–Crippen MR) is 56.4 cm³/mol. The summed E-state index contributed by atoms with van der Waals surface area (Å²) in [5.74, 6) is 0. The van der Waals surface area contributed by atoms with Crippen LogP contribution in [0, 0.1) is 0 Å². The summed E-state index contributed by atoms with van der Waals surface area (Å²) < 4.78 is 30.3. The van der Waals surface area contributed by atoms with E-state index in [1.807, 2.05) is 11.5 Å². The summed E-state index contributed by atoms with van der Waals surface area (Å²) in [6.45, 7) is 3.95. The highest BCUT2D eigenvalue weighted by molar-refractivity contribution is 4.97. The molecule has 0 unspecified atom stereocenters. The molecule has 0 aliphatic heterocycles. The van der Waals surface area contributed by atoms with Gasteiger partial charge in [0.05, 0.1) is 18.6 Å². The molecule has 0 saturated heterocycles. The van der Waals surface area contributed by atoms with Crippen LogP contribution in [0.2, 0.25) is 0 Å². The van der Waals surface area contributed by atoms with Gasteiger partial charge in [-0.05, 0) is 6.54 Å². The van der Waals surface area contributed by atoms with Gasteiger partial charge < -0.3 is 14.6 Å². The fourth-order valence-electron chi connectivity index (χ4n) is 1.29. The summed E-state index contributed by atoms with van der Waals surface area (Å²) in [6.07, 6.45) is 1.04. The van der Waals surface area contributed by atoms with Crippen molar-refractivity contribution in [2.75, 3.05) is 19.8 Å². The Kier molecular flexibility index (Phi) is 5.95. The lowest BCUT2D eigenvalue weighted by Gasteiger charge is -2.08. The number of nitrogens with one attached hydrogen (secondary N) is 1. The maximum atomic E-state index is 11.8. The Bertz CT molecular complexity index is 291. The molecule has 92 valence electrons. The van der Waals surface area contributed by atoms with Crippen molar-refractivity contribution in [3.05, 3.63) is 18.2 Å². The van der Waals surface area contributed by atoms with E-state index in [9.17, 15) is 8.78 Å². The number of hydrogen-bond acceptors (Lipinski definition) is 3. The van der Waals surface area contributed by atoms with Crippen molar-refractivity contribution in [3.8, 4) is 0 Å². The van der Waals surface area contributed by atoms with Gasteiger partial charge in [-0.1, -0.05) is 6.92 Å². The van der Waals surface area contributed by atoms with Crippen LogP contribution < -0.4 is 5.32 Å². The molecule has 0 radical (unpaired) electrons. The zero-order valence-electron chi connectivity index (χ0n) is 9.33. The van der Waals surface area contributed by atoms with Gasteiger partial charge in [-0.3, -0.25) is 0 Å². The SMILES string of the molecule is CCNCc1cncn1CCOCC(F)F. The lowest BCUT2D eigenvalue weighted by molar-refractivity contribution is 0.0146. The van der Waals surface area contributed by atoms with E-state index in [0.29, 0.717) is 6.54 Å². The van der Waals surface area contributed by atoms with Crippen molar-refractivity contribution < 1.29 is 13.5 Å². The second-order valence-corrected chi connectivity index (χ2v) is 3.32. The van der Waals surface area contributed by atoms with Gasteiger partial charge in [-0.2, -0.15) is 0 Å². The highest BCUT2D eigenvalue weighted by Crippen LogP contribution is 1.99. The molecule has 0 amide bonds. The summed E-state index contributed by atoms with van der Waals surface area (Å²) in [7, 11) is 0. The number of aromatic nitrogens is 2. The van der Waals surface area contributed by atoms with Crippen LogP contribution in [0.15, 0.2) is 12.5 Å². The van der Waals surface area contributed by atoms with Crippen molar-refractivity contribution in [3.63, 3.8) is 0 Å². The average Bonchev–Trinajstić information content (AvgIpc) is 2.69. The lowest BCUT2D eigenvalue weighted by atomic mass is 10.4. The van der Waals surface area contributed by atoms with Crippen molar-refractivity contribution in [2.45, 2.75) is 26.4 Å². The number of ether oxygens (including phenoxy) is 1. The van der Waals surface area contributed by atoms with E-state index >= 15 is 0 Å². The van der Waals surface area contributed by atoms with Gasteiger partial charge in [0.2, 0.25) is 0 Å². The minimum absolute atomic E-state index is 0.278. The standard InChI is InChI=1S/C10H17F2N3O/c1-2-13-5-9-6-14-8-15(9)3-4-16-7-10(11)12/h6,8,10,13H,2-5,7H2,1H3. The minimum atomic E-state index is -2.40. The number of imidazole rings is 1. The van der Waals surface area contributed by atoms with Gasteiger partial charge >= 0.3 is 0 Å². The molecule has 1 rings (SSSR count). The zero-order chi connectivity index (χ0) is 11.8. The molecule has 1 heterocycles. The summed E-state index contributed by atoms with van der Waals surface area (Å²) in [6, 6.07) is 0. The van der Waals surface area contributed by atoms with Gasteiger partial charge in [0.1, 0.15) is 6.61 Å². The molecule has 0 fully saturated rings. The molecule has 1 N–H and O–H groups in total. The number of nitrogens with zero attached hydrogens (tertiary/aromatic N) is 2. The Morgan fingerprint density at radius 3 is 3.06 bits per heavy atom. The van der Waals surface area contributed by atoms with E-state index in [1.54, 1.807) is 12.5 Å². The largest absolute Gasteiger partial charge is 0.374 e. The van der Waals surface area contributed by atoms with Crippen LogP contribution in [-0.4, -0.2) is 35.7 Å². The molecule has 0 aliphatic rings. The molecule has 0 aromatic carbocycles. The van der Waals surface area contributed by atoms with E-state index in [-0.39, 0.29) is 6.61 Å². The first-order chi connectivity index (χ1) is 7.74. The Hall–Kier alpha value is -1.01. The van der Waals surface area contributed by atoms with E-state index in [1.165, 1.54) is 0 Å². The molecule has 0 aliphatic carbocycles. The smallest absolute Gasteiger partial charge is 0.261 e. The van der Waals surface area contributed by atoms with Crippen LogP contribution >= 0.6 is 0 Å². The van der Waals surface area contributed by atoms with Crippen LogP contribution in [0.5, 0.6) is 0 Å². The molecule has 1 aromatic heterocycles. The Balaban J connectivity index is 2.27. The second-order valence-electron chi connectivity index (χ2n) is 3.32. The monoisotopic (exact) mass is 233 g/mol. The highest BCUT2D eigenvalue weighted by Gasteiger charge is 2.03. The Morgan fingerprint density at radius 2 is 2.38 bits per heavy atom. The Labute approximate surface area is 93.6 Å². The van der Waals surface area contributed by atoms with Gasteiger partial charge in [0.15, 0.2) is 0 Å². The molecule has 0 saturated carbocycles. The fourth-order valence-corrected chi connectivity index (χ4v) is 1.29. The van der Waals surface area contributed by atoms with Gasteiger partial charge in [0.25, 0.3) is 6.43 Å². The first kappa shape index (κ1) is 13.1. The van der Waals surface area contributed by atoms with E-state index in [2.05, 4.69) is 10.3 Å². The van der Waals surface area contributed by atoms with Crippen molar-refractivity contribution in [1.29, 1.82) is 0 Å². The number of halogens is 2. The maximum Gasteiger partial charge on any atom is 0.261 e. The van der Waals surface area contributed by atoms with Gasteiger partial charge in [0, 0.05) is 19.3 Å². The van der Waals surface area contributed by atoms with Crippen molar-refractivity contribution in [2.24, 2.45) is 0 Å². The number of hydrogen-bond donors (Lipinski definition) is 1. The van der Waals surface area contributed by atoms with Gasteiger partial charge in [-0.15, -0.1) is 0 Å². The van der Waals surface area contributed by atoms with Gasteiger partial charge in [-0.25, -0.2) is 13.8 Å². The quantitative estimate of drug-likeness (QED) is 0.687. The summed E-state index contributed by atoms with van der Waals surface area (Å²) in [4.78, 5) is 4.01. The first-order valence-electron chi connectivity index (χ1n) is 5.29.